The highest BCUT2D eigenvalue weighted by molar-refractivity contribution is 5.88. The van der Waals surface area contributed by atoms with Crippen molar-refractivity contribution in [3.05, 3.63) is 88.9 Å². The summed E-state index contributed by atoms with van der Waals surface area (Å²) in [6.45, 7) is 6.97. The minimum atomic E-state index is -4.60. The van der Waals surface area contributed by atoms with Gasteiger partial charge >= 0.3 is 12.2 Å². The van der Waals surface area contributed by atoms with Gasteiger partial charge < -0.3 is 20.7 Å². The van der Waals surface area contributed by atoms with Gasteiger partial charge in [0.1, 0.15) is 17.3 Å². The molecule has 42 heavy (non-hydrogen) atoms. The molecule has 5 rings (SSSR count). The number of anilines is 2. The highest BCUT2D eigenvalue weighted by Crippen LogP contribution is 2.39. The van der Waals surface area contributed by atoms with Crippen LogP contribution in [0.1, 0.15) is 36.2 Å². The number of nitrogens with one attached hydrogen (secondary N) is 1. The number of nitrogens with two attached hydrogens (primary N) is 1. The number of halogens is 4. The summed E-state index contributed by atoms with van der Waals surface area (Å²) in [5, 5.41) is 7.51. The number of aryl methyl sites for hydroxylation is 1. The molecule has 3 N–H and O–H groups in total. The first-order valence-corrected chi connectivity index (χ1v) is 13.5. The summed E-state index contributed by atoms with van der Waals surface area (Å²) >= 11 is 0. The molecule has 220 valence electrons. The fraction of sp³-hybridized carbons (Fsp3) is 0.290. The number of urea groups is 1. The summed E-state index contributed by atoms with van der Waals surface area (Å²) in [4.78, 5) is 13.0. The van der Waals surface area contributed by atoms with Crippen molar-refractivity contribution in [2.24, 2.45) is 11.7 Å². The lowest BCUT2D eigenvalue weighted by molar-refractivity contribution is -0.137. The molecule has 0 saturated heterocycles. The number of hydrogen-bond donors (Lipinski definition) is 2. The number of primary amides is 1. The van der Waals surface area contributed by atoms with Crippen molar-refractivity contribution in [1.29, 1.82) is 0 Å². The van der Waals surface area contributed by atoms with Crippen LogP contribution in [-0.2, 0) is 19.1 Å². The summed E-state index contributed by atoms with van der Waals surface area (Å²) in [5.41, 5.74) is 9.32. The van der Waals surface area contributed by atoms with E-state index in [-0.39, 0.29) is 24.7 Å². The van der Waals surface area contributed by atoms with Crippen LogP contribution in [0.4, 0.5) is 33.7 Å². The topological polar surface area (TPSA) is 85.4 Å². The number of amides is 2. The molecule has 2 heterocycles. The molecule has 1 aliphatic heterocycles. The van der Waals surface area contributed by atoms with Crippen LogP contribution in [0.25, 0.3) is 16.9 Å². The molecule has 0 radical (unpaired) electrons. The molecule has 1 aliphatic rings. The Morgan fingerprint density at radius 2 is 1.86 bits per heavy atom. The van der Waals surface area contributed by atoms with Crippen molar-refractivity contribution in [3.63, 3.8) is 0 Å². The van der Waals surface area contributed by atoms with Crippen molar-refractivity contribution in [3.8, 4) is 22.7 Å². The zero-order chi connectivity index (χ0) is 30.2. The Bertz CT molecular complexity index is 1610. The minimum Gasteiger partial charge on any atom is -0.491 e. The minimum absolute atomic E-state index is 0.118. The molecule has 0 bridgehead atoms. The second-order valence-corrected chi connectivity index (χ2v) is 10.7. The lowest BCUT2D eigenvalue weighted by atomic mass is 9.99. The van der Waals surface area contributed by atoms with Crippen molar-refractivity contribution >= 4 is 17.4 Å². The number of nitrogens with zero attached hydrogens (tertiary/aromatic N) is 3. The number of rotatable bonds is 7. The van der Waals surface area contributed by atoms with Gasteiger partial charge in [0.05, 0.1) is 29.2 Å². The Labute approximate surface area is 240 Å². The van der Waals surface area contributed by atoms with Crippen molar-refractivity contribution in [1.82, 2.24) is 9.78 Å². The predicted octanol–water partition coefficient (Wildman–Crippen LogP) is 7.09. The second kappa shape index (κ2) is 11.4. The van der Waals surface area contributed by atoms with E-state index >= 15 is 0 Å². The summed E-state index contributed by atoms with van der Waals surface area (Å²) in [7, 11) is 0. The van der Waals surface area contributed by atoms with Crippen molar-refractivity contribution in [2.75, 3.05) is 23.4 Å². The molecule has 0 aliphatic carbocycles. The number of alkyl halides is 3. The first kappa shape index (κ1) is 29.0. The van der Waals surface area contributed by atoms with Gasteiger partial charge in [-0.05, 0) is 54.8 Å². The SMILES string of the molecule is Cc1cccc(OCC(C)C)c1-n1nc2c(c1-c1ccc(NC(N)=O)cc1)CN(c1cc(C(F)(F)F)ccc1F)CC2. The number of benzene rings is 3. The van der Waals surface area contributed by atoms with Crippen molar-refractivity contribution in [2.45, 2.75) is 39.9 Å². The number of aromatic nitrogens is 2. The molecule has 0 spiro atoms. The Kier molecular flexibility index (Phi) is 7.85. The van der Waals surface area contributed by atoms with Gasteiger partial charge in [0.2, 0.25) is 0 Å². The maximum absolute atomic E-state index is 14.9. The van der Waals surface area contributed by atoms with Crippen LogP contribution in [0.5, 0.6) is 5.75 Å². The average molecular weight is 582 g/mol. The standard InChI is InChI=1S/C31H31F4N5O2/c1-18(2)17-42-27-6-4-5-19(3)28(27)40-29(20-7-10-22(11-8-20)37-30(36)41)23-16-39(14-13-25(23)38-40)26-15-21(31(33,34)35)9-12-24(26)32/h4-12,15,18H,13-14,16-17H2,1-3H3,(H3,36,37,41). The normalized spacial score (nSPS) is 13.3. The molecule has 0 saturated carbocycles. The average Bonchev–Trinajstić information content (AvgIpc) is 3.29. The molecule has 0 atom stereocenters. The zero-order valence-corrected chi connectivity index (χ0v) is 23.4. The van der Waals surface area contributed by atoms with Gasteiger partial charge in [-0.25, -0.2) is 13.9 Å². The Morgan fingerprint density at radius 3 is 2.52 bits per heavy atom. The maximum atomic E-state index is 14.9. The summed E-state index contributed by atoms with van der Waals surface area (Å²) in [5.74, 6) is 0.188. The monoisotopic (exact) mass is 581 g/mol. The van der Waals surface area contributed by atoms with Crippen LogP contribution in [-0.4, -0.2) is 29.0 Å². The fourth-order valence-corrected chi connectivity index (χ4v) is 5.10. The van der Waals surface area contributed by atoms with E-state index < -0.39 is 23.6 Å². The van der Waals surface area contributed by atoms with E-state index in [9.17, 15) is 22.4 Å². The van der Waals surface area contributed by atoms with Gasteiger partial charge in [0.15, 0.2) is 0 Å². The third kappa shape index (κ3) is 5.90. The van der Waals surface area contributed by atoms with Crippen molar-refractivity contribution < 1.29 is 27.1 Å². The van der Waals surface area contributed by atoms with Crippen LogP contribution in [0.15, 0.2) is 60.7 Å². The van der Waals surface area contributed by atoms with Crippen LogP contribution >= 0.6 is 0 Å². The highest BCUT2D eigenvalue weighted by Gasteiger charge is 2.33. The van der Waals surface area contributed by atoms with Gasteiger partial charge in [0.25, 0.3) is 0 Å². The molecule has 2 amide bonds. The lowest BCUT2D eigenvalue weighted by Gasteiger charge is -2.30. The van der Waals surface area contributed by atoms with Crippen LogP contribution < -0.4 is 20.7 Å². The molecule has 1 aromatic heterocycles. The third-order valence-electron chi connectivity index (χ3n) is 7.06. The van der Waals surface area contributed by atoms with E-state index in [2.05, 4.69) is 19.2 Å². The first-order valence-electron chi connectivity index (χ1n) is 13.5. The van der Waals surface area contributed by atoms with E-state index in [1.165, 1.54) is 0 Å². The van der Waals surface area contributed by atoms with Gasteiger partial charge in [-0.2, -0.15) is 18.3 Å². The molecule has 7 nitrogen and oxygen atoms in total. The van der Waals surface area contributed by atoms with Gasteiger partial charge in [0, 0.05) is 36.3 Å². The third-order valence-corrected chi connectivity index (χ3v) is 7.06. The second-order valence-electron chi connectivity index (χ2n) is 10.7. The molecule has 11 heteroatoms. The van der Waals surface area contributed by atoms with Crippen LogP contribution in [0.3, 0.4) is 0 Å². The number of para-hydroxylation sites is 1. The fourth-order valence-electron chi connectivity index (χ4n) is 5.10. The van der Waals surface area contributed by atoms with Crippen LogP contribution in [0.2, 0.25) is 0 Å². The van der Waals surface area contributed by atoms with E-state index in [0.29, 0.717) is 30.2 Å². The quantitative estimate of drug-likeness (QED) is 0.228. The first-order chi connectivity index (χ1) is 19.9. The smallest absolute Gasteiger partial charge is 0.416 e. The molecule has 0 unspecified atom stereocenters. The van der Waals surface area contributed by atoms with Crippen LogP contribution in [0, 0.1) is 18.7 Å². The Balaban J connectivity index is 1.65. The Hall–Kier alpha value is -4.54. The largest absolute Gasteiger partial charge is 0.491 e. The van der Waals surface area contributed by atoms with E-state index in [1.807, 2.05) is 25.1 Å². The number of fused-ring (bicyclic) bond motifs is 1. The number of carbonyl (C=O) groups excluding carboxylic acids is 1. The summed E-state index contributed by atoms with van der Waals surface area (Å²) < 4.78 is 63.4. The number of ether oxygens (including phenoxy) is 1. The van der Waals surface area contributed by atoms with E-state index in [1.54, 1.807) is 33.8 Å². The van der Waals surface area contributed by atoms with E-state index in [0.717, 1.165) is 46.3 Å². The number of carbonyl (C=O) groups is 1. The summed E-state index contributed by atoms with van der Waals surface area (Å²) in [6.07, 6.45) is -4.21. The zero-order valence-electron chi connectivity index (χ0n) is 23.4. The summed E-state index contributed by atoms with van der Waals surface area (Å²) in [6, 6.07) is 14.5. The highest BCUT2D eigenvalue weighted by atomic mass is 19.4. The number of hydrogen-bond acceptors (Lipinski definition) is 4. The Morgan fingerprint density at radius 1 is 1.12 bits per heavy atom. The van der Waals surface area contributed by atoms with Gasteiger partial charge in [-0.3, -0.25) is 0 Å². The molecule has 4 aromatic rings. The van der Waals surface area contributed by atoms with Gasteiger partial charge in [-0.1, -0.05) is 38.1 Å². The van der Waals surface area contributed by atoms with Gasteiger partial charge in [-0.15, -0.1) is 0 Å². The molecule has 0 fully saturated rings. The predicted molar refractivity (Wildman–Crippen MR) is 153 cm³/mol. The molecule has 3 aromatic carbocycles. The molecular formula is C31H31F4N5O2. The molecular weight excluding hydrogens is 550 g/mol. The lowest BCUT2D eigenvalue weighted by Crippen LogP contribution is -2.31. The van der Waals surface area contributed by atoms with E-state index in [4.69, 9.17) is 15.6 Å². The maximum Gasteiger partial charge on any atom is 0.416 e.